The van der Waals surface area contributed by atoms with Crippen molar-refractivity contribution in [1.29, 1.82) is 0 Å². The fourth-order valence-corrected chi connectivity index (χ4v) is 4.02. The van der Waals surface area contributed by atoms with Gasteiger partial charge in [-0.1, -0.05) is 54.1 Å². The normalized spacial score (nSPS) is 11.3. The van der Waals surface area contributed by atoms with E-state index in [0.29, 0.717) is 16.3 Å². The SMILES string of the molecule is Cc1ccc(S(=O)(=O)NCc2ccccc2)cc1C(=O)Nc1cccc(Cl)c1C. The Kier molecular flexibility index (Phi) is 6.37. The van der Waals surface area contributed by atoms with Crippen molar-refractivity contribution in [3.05, 3.63) is 94.0 Å². The molecule has 0 bridgehead atoms. The second-order valence-corrected chi connectivity index (χ2v) is 8.83. The molecule has 0 heterocycles. The van der Waals surface area contributed by atoms with Crippen molar-refractivity contribution in [2.45, 2.75) is 25.3 Å². The number of hydrogen-bond acceptors (Lipinski definition) is 3. The predicted octanol–water partition coefficient (Wildman–Crippen LogP) is 4.69. The maximum Gasteiger partial charge on any atom is 0.255 e. The molecule has 0 saturated heterocycles. The lowest BCUT2D eigenvalue weighted by Gasteiger charge is -2.13. The van der Waals surface area contributed by atoms with Gasteiger partial charge in [0.2, 0.25) is 10.0 Å². The fraction of sp³-hybridized carbons (Fsp3) is 0.136. The molecule has 150 valence electrons. The second-order valence-electron chi connectivity index (χ2n) is 6.65. The number of sulfonamides is 1. The number of nitrogens with one attached hydrogen (secondary N) is 2. The van der Waals surface area contributed by atoms with E-state index in [0.717, 1.165) is 11.1 Å². The second kappa shape index (κ2) is 8.78. The number of rotatable bonds is 6. The number of carbonyl (C=O) groups is 1. The standard InChI is InChI=1S/C22H21ClN2O3S/c1-15-11-12-18(29(27,28)24-14-17-7-4-3-5-8-17)13-19(15)22(26)25-21-10-6-9-20(23)16(21)2/h3-13,24H,14H2,1-2H3,(H,25,26). The van der Waals surface area contributed by atoms with Crippen molar-refractivity contribution >= 4 is 33.2 Å². The third-order valence-corrected chi connectivity index (χ3v) is 6.40. The number of aryl methyl sites for hydroxylation is 1. The number of hydrogen-bond donors (Lipinski definition) is 2. The van der Waals surface area contributed by atoms with Crippen LogP contribution in [0.4, 0.5) is 5.69 Å². The molecule has 0 spiro atoms. The highest BCUT2D eigenvalue weighted by atomic mass is 35.5. The molecule has 5 nitrogen and oxygen atoms in total. The smallest absolute Gasteiger partial charge is 0.255 e. The number of benzene rings is 3. The van der Waals surface area contributed by atoms with Crippen molar-refractivity contribution in [3.63, 3.8) is 0 Å². The Labute approximate surface area is 175 Å². The highest BCUT2D eigenvalue weighted by Gasteiger charge is 2.18. The Bertz CT molecular complexity index is 1150. The van der Waals surface area contributed by atoms with E-state index in [1.54, 1.807) is 38.1 Å². The molecule has 0 atom stereocenters. The summed E-state index contributed by atoms with van der Waals surface area (Å²) in [5, 5.41) is 3.35. The van der Waals surface area contributed by atoms with Gasteiger partial charge in [0.05, 0.1) is 4.90 Å². The molecule has 0 aliphatic heterocycles. The average molecular weight is 429 g/mol. The number of halogens is 1. The molecule has 3 aromatic carbocycles. The first-order valence-electron chi connectivity index (χ1n) is 8.98. The summed E-state index contributed by atoms with van der Waals surface area (Å²) in [6.45, 7) is 3.73. The van der Waals surface area contributed by atoms with Crippen molar-refractivity contribution < 1.29 is 13.2 Å². The first-order valence-corrected chi connectivity index (χ1v) is 10.8. The Hall–Kier alpha value is -2.67. The molecule has 1 amide bonds. The maximum atomic E-state index is 12.8. The molecule has 0 unspecified atom stereocenters. The van der Waals surface area contributed by atoms with E-state index in [4.69, 9.17) is 11.6 Å². The van der Waals surface area contributed by atoms with Crippen LogP contribution in [-0.4, -0.2) is 14.3 Å². The van der Waals surface area contributed by atoms with Crippen molar-refractivity contribution in [1.82, 2.24) is 4.72 Å². The highest BCUT2D eigenvalue weighted by Crippen LogP contribution is 2.24. The van der Waals surface area contributed by atoms with Gasteiger partial charge in [0.15, 0.2) is 0 Å². The van der Waals surface area contributed by atoms with Gasteiger partial charge in [0.25, 0.3) is 5.91 Å². The zero-order valence-electron chi connectivity index (χ0n) is 16.1. The van der Waals surface area contributed by atoms with Crippen LogP contribution in [0.1, 0.15) is 27.0 Å². The fourth-order valence-electron chi connectivity index (χ4n) is 2.80. The molecule has 0 aliphatic carbocycles. The van der Waals surface area contributed by atoms with Crippen LogP contribution >= 0.6 is 11.6 Å². The van der Waals surface area contributed by atoms with Gasteiger partial charge in [-0.05, 0) is 54.8 Å². The van der Waals surface area contributed by atoms with E-state index >= 15 is 0 Å². The minimum Gasteiger partial charge on any atom is -0.322 e. The zero-order valence-corrected chi connectivity index (χ0v) is 17.6. The summed E-state index contributed by atoms with van der Waals surface area (Å²) >= 11 is 6.11. The molecule has 0 fully saturated rings. The van der Waals surface area contributed by atoms with Crippen molar-refractivity contribution in [2.75, 3.05) is 5.32 Å². The summed E-state index contributed by atoms with van der Waals surface area (Å²) in [6.07, 6.45) is 0. The number of anilines is 1. The highest BCUT2D eigenvalue weighted by molar-refractivity contribution is 7.89. The average Bonchev–Trinajstić information content (AvgIpc) is 2.71. The molecule has 7 heteroatoms. The van der Waals surface area contributed by atoms with Crippen LogP contribution in [0.3, 0.4) is 0 Å². The van der Waals surface area contributed by atoms with Gasteiger partial charge in [-0.25, -0.2) is 13.1 Å². The van der Waals surface area contributed by atoms with Gasteiger partial charge in [0, 0.05) is 22.8 Å². The van der Waals surface area contributed by atoms with E-state index in [9.17, 15) is 13.2 Å². The van der Waals surface area contributed by atoms with Crippen LogP contribution < -0.4 is 10.0 Å². The topological polar surface area (TPSA) is 75.3 Å². The lowest BCUT2D eigenvalue weighted by Crippen LogP contribution is -2.24. The van der Waals surface area contributed by atoms with E-state index in [1.165, 1.54) is 12.1 Å². The molecule has 3 rings (SSSR count). The number of carbonyl (C=O) groups excluding carboxylic acids is 1. The molecule has 0 saturated carbocycles. The molecule has 29 heavy (non-hydrogen) atoms. The lowest BCUT2D eigenvalue weighted by molar-refractivity contribution is 0.102. The quantitative estimate of drug-likeness (QED) is 0.598. The van der Waals surface area contributed by atoms with Crippen LogP contribution in [0.5, 0.6) is 0 Å². The van der Waals surface area contributed by atoms with Crippen molar-refractivity contribution in [3.8, 4) is 0 Å². The molecule has 3 aromatic rings. The summed E-state index contributed by atoms with van der Waals surface area (Å²) in [6, 6.07) is 19.0. The summed E-state index contributed by atoms with van der Waals surface area (Å²) < 4.78 is 27.9. The van der Waals surface area contributed by atoms with Gasteiger partial charge in [-0.15, -0.1) is 0 Å². The monoisotopic (exact) mass is 428 g/mol. The van der Waals surface area contributed by atoms with Gasteiger partial charge in [-0.2, -0.15) is 0 Å². The van der Waals surface area contributed by atoms with Crippen LogP contribution in [0.25, 0.3) is 0 Å². The zero-order chi connectivity index (χ0) is 21.0. The Morgan fingerprint density at radius 1 is 0.966 bits per heavy atom. The third-order valence-electron chi connectivity index (χ3n) is 4.59. The maximum absolute atomic E-state index is 12.8. The third kappa shape index (κ3) is 5.03. The van der Waals surface area contributed by atoms with Crippen molar-refractivity contribution in [2.24, 2.45) is 0 Å². The van der Waals surface area contributed by atoms with Crippen LogP contribution in [-0.2, 0) is 16.6 Å². The van der Waals surface area contributed by atoms with Gasteiger partial charge in [0.1, 0.15) is 0 Å². The molecular weight excluding hydrogens is 408 g/mol. The summed E-state index contributed by atoms with van der Waals surface area (Å²) in [7, 11) is -3.77. The molecule has 0 radical (unpaired) electrons. The lowest BCUT2D eigenvalue weighted by atomic mass is 10.1. The summed E-state index contributed by atoms with van der Waals surface area (Å²) in [4.78, 5) is 12.8. The predicted molar refractivity (Wildman–Crippen MR) is 116 cm³/mol. The Morgan fingerprint density at radius 3 is 2.41 bits per heavy atom. The molecule has 2 N–H and O–H groups in total. The minimum absolute atomic E-state index is 0.0343. The van der Waals surface area contributed by atoms with E-state index in [-0.39, 0.29) is 17.0 Å². The summed E-state index contributed by atoms with van der Waals surface area (Å²) in [5.74, 6) is -0.395. The Morgan fingerprint density at radius 2 is 1.69 bits per heavy atom. The van der Waals surface area contributed by atoms with E-state index in [2.05, 4.69) is 10.0 Å². The van der Waals surface area contributed by atoms with Crippen LogP contribution in [0.2, 0.25) is 5.02 Å². The number of amides is 1. The van der Waals surface area contributed by atoms with Gasteiger partial charge >= 0.3 is 0 Å². The van der Waals surface area contributed by atoms with Gasteiger partial charge in [-0.3, -0.25) is 4.79 Å². The first kappa shape index (κ1) is 21.0. The van der Waals surface area contributed by atoms with Crippen LogP contribution in [0, 0.1) is 13.8 Å². The minimum atomic E-state index is -3.77. The summed E-state index contributed by atoms with van der Waals surface area (Å²) in [5.41, 5.74) is 3.12. The van der Waals surface area contributed by atoms with Gasteiger partial charge < -0.3 is 5.32 Å². The first-order chi connectivity index (χ1) is 13.8. The van der Waals surface area contributed by atoms with E-state index < -0.39 is 15.9 Å². The van der Waals surface area contributed by atoms with Crippen LogP contribution in [0.15, 0.2) is 71.6 Å². The molecule has 0 aliphatic rings. The molecule has 0 aromatic heterocycles. The largest absolute Gasteiger partial charge is 0.322 e. The Balaban J connectivity index is 1.83. The molecular formula is C22H21ClN2O3S. The van der Waals surface area contributed by atoms with E-state index in [1.807, 2.05) is 30.3 Å².